The number of hydrogen-bond donors (Lipinski definition) is 0. The van der Waals surface area contributed by atoms with Gasteiger partial charge in [-0.15, -0.1) is 0 Å². The highest BCUT2D eigenvalue weighted by atomic mass is 16.3. The van der Waals surface area contributed by atoms with Crippen LogP contribution in [0, 0.1) is 0 Å². The van der Waals surface area contributed by atoms with Gasteiger partial charge in [0.25, 0.3) is 0 Å². The van der Waals surface area contributed by atoms with E-state index in [9.17, 15) is 0 Å². The molecule has 0 N–H and O–H groups in total. The van der Waals surface area contributed by atoms with Gasteiger partial charge in [0.1, 0.15) is 11.2 Å². The lowest BCUT2D eigenvalue weighted by Gasteiger charge is -2.21. The monoisotopic (exact) mass is 394 g/mol. The lowest BCUT2D eigenvalue weighted by molar-refractivity contribution is 0.613. The van der Waals surface area contributed by atoms with Crippen molar-refractivity contribution in [1.82, 2.24) is 9.97 Å². The molecule has 0 saturated carbocycles. The van der Waals surface area contributed by atoms with Gasteiger partial charge in [0.15, 0.2) is 11.3 Å². The van der Waals surface area contributed by atoms with Gasteiger partial charge in [0.05, 0.1) is 11.0 Å². The van der Waals surface area contributed by atoms with Crippen LogP contribution >= 0.6 is 0 Å². The van der Waals surface area contributed by atoms with Gasteiger partial charge in [0.2, 0.25) is 0 Å². The summed E-state index contributed by atoms with van der Waals surface area (Å²) in [5.74, 6) is 0.728. The first-order valence-corrected chi connectivity index (χ1v) is 10.2. The van der Waals surface area contributed by atoms with Gasteiger partial charge in [-0.2, -0.15) is 0 Å². The smallest absolute Gasteiger partial charge is 0.155 e. The van der Waals surface area contributed by atoms with Crippen molar-refractivity contribution in [3.63, 3.8) is 0 Å². The summed E-state index contributed by atoms with van der Waals surface area (Å²) in [5.41, 5.74) is 4.47. The van der Waals surface area contributed by atoms with E-state index in [2.05, 4.69) is 48.0 Å². The summed E-state index contributed by atoms with van der Waals surface area (Å²) < 4.78 is 6.35. The number of aromatic nitrogens is 2. The predicted octanol–water partition coefficient (Wildman–Crippen LogP) is 5.56. The molecular weight excluding hydrogens is 372 g/mol. The number of rotatable bonds is 4. The van der Waals surface area contributed by atoms with E-state index in [1.807, 2.05) is 36.4 Å². The molecule has 30 heavy (non-hydrogen) atoms. The van der Waals surface area contributed by atoms with Crippen LogP contribution in [0.3, 0.4) is 0 Å². The second-order valence-electron chi connectivity index (χ2n) is 7.14. The number of nitrogens with zero attached hydrogens (tertiary/aromatic N) is 4. The van der Waals surface area contributed by atoms with Crippen LogP contribution in [-0.4, -0.2) is 23.1 Å². The number of benzene rings is 3. The Bertz CT molecular complexity index is 1370. The van der Waals surface area contributed by atoms with Crippen LogP contribution in [0.5, 0.6) is 0 Å². The molecule has 2 aromatic carbocycles. The van der Waals surface area contributed by atoms with Gasteiger partial charge < -0.3 is 9.32 Å². The van der Waals surface area contributed by atoms with Crippen LogP contribution in [0.4, 0.5) is 11.4 Å². The Morgan fingerprint density at radius 3 is 2.43 bits per heavy atom. The van der Waals surface area contributed by atoms with E-state index < -0.39 is 0 Å². The van der Waals surface area contributed by atoms with Crippen molar-refractivity contribution < 1.29 is 4.42 Å². The fourth-order valence-corrected chi connectivity index (χ4v) is 3.86. The van der Waals surface area contributed by atoms with Gasteiger partial charge in [-0.05, 0) is 38.1 Å². The first-order chi connectivity index (χ1) is 14.8. The highest BCUT2D eigenvalue weighted by molar-refractivity contribution is 5.96. The third-order valence-electron chi connectivity index (χ3n) is 5.40. The van der Waals surface area contributed by atoms with Crippen molar-refractivity contribution in [3.8, 4) is 11.5 Å². The van der Waals surface area contributed by atoms with E-state index in [-0.39, 0.29) is 0 Å². The molecule has 2 heterocycles. The quantitative estimate of drug-likeness (QED) is 0.296. The molecule has 1 aromatic heterocycles. The lowest BCUT2D eigenvalue weighted by Crippen LogP contribution is -2.21. The molecule has 5 nitrogen and oxygen atoms in total. The maximum atomic E-state index is 6.35. The summed E-state index contributed by atoms with van der Waals surface area (Å²) in [5, 5.41) is 2.93. The molecule has 0 radical (unpaired) electrons. The van der Waals surface area contributed by atoms with E-state index >= 15 is 0 Å². The molecule has 0 spiro atoms. The van der Waals surface area contributed by atoms with Gasteiger partial charge in [-0.1, -0.05) is 24.3 Å². The molecule has 0 fully saturated rings. The lowest BCUT2D eigenvalue weighted by atomic mass is 10.0. The number of fused-ring (bicyclic) bond motifs is 4. The highest BCUT2D eigenvalue weighted by Gasteiger charge is 2.15. The zero-order valence-electron chi connectivity index (χ0n) is 17.0. The highest BCUT2D eigenvalue weighted by Crippen LogP contribution is 2.31. The summed E-state index contributed by atoms with van der Waals surface area (Å²) in [7, 11) is 0. The maximum absolute atomic E-state index is 6.35. The molecule has 1 aliphatic carbocycles. The number of pyridine rings is 1. The van der Waals surface area contributed by atoms with E-state index in [1.165, 1.54) is 0 Å². The van der Waals surface area contributed by atoms with E-state index in [4.69, 9.17) is 14.4 Å². The minimum Gasteiger partial charge on any atom is -0.453 e. The van der Waals surface area contributed by atoms with Crippen molar-refractivity contribution >= 4 is 33.2 Å². The summed E-state index contributed by atoms with van der Waals surface area (Å²) in [6.45, 7) is 6.20. The second-order valence-corrected chi connectivity index (χ2v) is 7.14. The van der Waals surface area contributed by atoms with Crippen molar-refractivity contribution in [2.75, 3.05) is 18.0 Å². The van der Waals surface area contributed by atoms with Crippen LogP contribution < -0.4 is 10.3 Å². The third kappa shape index (κ3) is 3.18. The Labute approximate surface area is 174 Å². The summed E-state index contributed by atoms with van der Waals surface area (Å²) in [6, 6.07) is 20.2. The maximum Gasteiger partial charge on any atom is 0.155 e. The number of hydrogen-bond acceptors (Lipinski definition) is 5. The predicted molar refractivity (Wildman–Crippen MR) is 121 cm³/mol. The van der Waals surface area contributed by atoms with Crippen molar-refractivity contribution in [3.05, 3.63) is 78.4 Å². The normalized spacial score (nSPS) is 12.1. The standard InChI is InChI=1S/C25H22N4O/c1-3-29(4-2)18-9-10-21-23(15-18)30-24-16-22(27-17-11-13-26-14-12-17)19-7-5-6-8-20(19)25(24)28-21/h5-16H,3-4H2,1-2H3. The largest absolute Gasteiger partial charge is 0.453 e. The van der Waals surface area contributed by atoms with Crippen molar-refractivity contribution in [1.29, 1.82) is 0 Å². The molecule has 0 atom stereocenters. The van der Waals surface area contributed by atoms with Gasteiger partial charge in [-0.3, -0.25) is 4.98 Å². The molecular formula is C25H22N4O. The Hall–Kier alpha value is -3.73. The molecule has 5 heteroatoms. The fraction of sp³-hybridized carbons (Fsp3) is 0.160. The molecule has 1 aliphatic heterocycles. The molecule has 0 saturated heterocycles. The second kappa shape index (κ2) is 7.59. The van der Waals surface area contributed by atoms with Gasteiger partial charge in [0, 0.05) is 54.1 Å². The fourth-order valence-electron chi connectivity index (χ4n) is 3.86. The minimum absolute atomic E-state index is 0.728. The molecule has 3 aromatic rings. The van der Waals surface area contributed by atoms with Gasteiger partial charge >= 0.3 is 0 Å². The first-order valence-electron chi connectivity index (χ1n) is 10.2. The summed E-state index contributed by atoms with van der Waals surface area (Å²) in [6.07, 6.45) is 3.49. The topological polar surface area (TPSA) is 54.5 Å². The van der Waals surface area contributed by atoms with Crippen molar-refractivity contribution in [2.24, 2.45) is 4.99 Å². The average molecular weight is 394 g/mol. The Balaban J connectivity index is 1.80. The molecule has 5 rings (SSSR count). The zero-order valence-corrected chi connectivity index (χ0v) is 17.0. The van der Waals surface area contributed by atoms with Crippen LogP contribution in [0.1, 0.15) is 13.8 Å². The minimum atomic E-state index is 0.728. The summed E-state index contributed by atoms with van der Waals surface area (Å²) >= 11 is 0. The van der Waals surface area contributed by atoms with Crippen LogP contribution in [0.15, 0.2) is 82.5 Å². The third-order valence-corrected chi connectivity index (χ3v) is 5.40. The average Bonchev–Trinajstić information content (AvgIpc) is 2.79. The number of anilines is 1. The molecule has 2 aliphatic rings. The first kappa shape index (κ1) is 18.3. The van der Waals surface area contributed by atoms with Crippen LogP contribution in [0.25, 0.3) is 33.3 Å². The Morgan fingerprint density at radius 2 is 1.67 bits per heavy atom. The van der Waals surface area contributed by atoms with Gasteiger partial charge in [-0.25, -0.2) is 9.98 Å². The molecule has 0 bridgehead atoms. The zero-order chi connectivity index (χ0) is 20.5. The van der Waals surface area contributed by atoms with Crippen molar-refractivity contribution in [2.45, 2.75) is 13.8 Å². The molecule has 0 unspecified atom stereocenters. The van der Waals surface area contributed by atoms with E-state index in [1.54, 1.807) is 12.4 Å². The van der Waals surface area contributed by atoms with Crippen LogP contribution in [0.2, 0.25) is 0 Å². The Kier molecular flexibility index (Phi) is 4.64. The SMILES string of the molecule is CCN(CC)c1ccc2nc3c4ccccc4c(=Nc4ccncc4)cc-3oc2c1. The molecule has 0 amide bonds. The molecule has 148 valence electrons. The Morgan fingerprint density at radius 1 is 0.900 bits per heavy atom. The van der Waals surface area contributed by atoms with E-state index in [0.717, 1.165) is 63.1 Å². The van der Waals surface area contributed by atoms with Crippen LogP contribution in [-0.2, 0) is 0 Å². The van der Waals surface area contributed by atoms with E-state index in [0.29, 0.717) is 0 Å². The summed E-state index contributed by atoms with van der Waals surface area (Å²) in [4.78, 5) is 16.2.